The molecule has 11 heteroatoms. The fourth-order valence-electron chi connectivity index (χ4n) is 2.90. The molecule has 2 aromatic heterocycles. The molecule has 4 rings (SSSR count). The van der Waals surface area contributed by atoms with Crippen molar-refractivity contribution in [3.63, 3.8) is 0 Å². The molecule has 164 valence electrons. The Morgan fingerprint density at radius 2 is 1.81 bits per heavy atom. The molecule has 1 N–H and O–H groups in total. The van der Waals surface area contributed by atoms with Crippen molar-refractivity contribution >= 4 is 22.9 Å². The molecule has 0 radical (unpaired) electrons. The van der Waals surface area contributed by atoms with E-state index in [1.165, 1.54) is 17.0 Å². The Balaban J connectivity index is 0.000000339. The zero-order valence-electron chi connectivity index (χ0n) is 15.8. The van der Waals surface area contributed by atoms with E-state index in [9.17, 15) is 26.7 Å². The molecule has 6 nitrogen and oxygen atoms in total. The molecule has 1 aliphatic heterocycles. The molecule has 3 heterocycles. The fraction of sp³-hybridized carbons (Fsp3) is 0.250. The second-order valence-corrected chi connectivity index (χ2v) is 6.78. The summed E-state index contributed by atoms with van der Waals surface area (Å²) in [7, 11) is 0. The van der Waals surface area contributed by atoms with Crippen LogP contribution in [0.2, 0.25) is 0 Å². The highest BCUT2D eigenvalue weighted by molar-refractivity contribution is 5.84. The number of likely N-dealkylation sites (tertiary alicyclic amines) is 1. The molecule has 0 atom stereocenters. The Morgan fingerprint density at radius 3 is 2.39 bits per heavy atom. The minimum Gasteiger partial charge on any atom is -0.475 e. The van der Waals surface area contributed by atoms with Gasteiger partial charge in [-0.1, -0.05) is 12.1 Å². The first-order valence-electron chi connectivity index (χ1n) is 8.97. The standard InChI is InChI=1S/C18H15F2N3O.C2HF3O2/c19-14-3-1-2-12(6-14)13-7-17-16(21-8-13)4-5-22(17)11-18(24)23-9-15(20)10-23;3-2(4,5)1(6)7/h1-8,15H,9-11H2;(H,6,7). The van der Waals surface area contributed by atoms with Crippen LogP contribution < -0.4 is 0 Å². The number of hydrogen-bond donors (Lipinski definition) is 1. The third-order valence-corrected chi connectivity index (χ3v) is 4.51. The first-order chi connectivity index (χ1) is 14.5. The van der Waals surface area contributed by atoms with Crippen molar-refractivity contribution in [2.45, 2.75) is 18.9 Å². The Bertz CT molecular complexity index is 1110. The van der Waals surface area contributed by atoms with E-state index in [0.29, 0.717) is 0 Å². The first-order valence-corrected chi connectivity index (χ1v) is 8.97. The van der Waals surface area contributed by atoms with E-state index < -0.39 is 18.3 Å². The van der Waals surface area contributed by atoms with Gasteiger partial charge in [0.05, 0.1) is 24.1 Å². The van der Waals surface area contributed by atoms with E-state index in [2.05, 4.69) is 4.98 Å². The Hall–Kier alpha value is -3.50. The summed E-state index contributed by atoms with van der Waals surface area (Å²) in [6.07, 6.45) is -2.51. The second-order valence-electron chi connectivity index (χ2n) is 6.78. The summed E-state index contributed by atoms with van der Waals surface area (Å²) < 4.78 is 59.8. The van der Waals surface area contributed by atoms with Crippen LogP contribution in [0, 0.1) is 5.82 Å². The van der Waals surface area contributed by atoms with Gasteiger partial charge >= 0.3 is 12.1 Å². The number of fused-ring (bicyclic) bond motifs is 1. The van der Waals surface area contributed by atoms with E-state index in [4.69, 9.17) is 9.90 Å². The quantitative estimate of drug-likeness (QED) is 0.630. The maximum absolute atomic E-state index is 13.4. The van der Waals surface area contributed by atoms with E-state index in [0.717, 1.165) is 22.2 Å². The van der Waals surface area contributed by atoms with Crippen LogP contribution in [-0.2, 0) is 16.1 Å². The number of carboxylic acid groups (broad SMARTS) is 1. The summed E-state index contributed by atoms with van der Waals surface area (Å²) in [6.45, 7) is 0.486. The second kappa shape index (κ2) is 8.70. The summed E-state index contributed by atoms with van der Waals surface area (Å²) in [6, 6.07) is 10.0. The number of benzene rings is 1. The lowest BCUT2D eigenvalue weighted by atomic mass is 10.1. The number of aliphatic carboxylic acids is 1. The van der Waals surface area contributed by atoms with Gasteiger partial charge in [0.2, 0.25) is 5.91 Å². The van der Waals surface area contributed by atoms with Crippen LogP contribution in [0.4, 0.5) is 22.0 Å². The zero-order chi connectivity index (χ0) is 22.8. The number of halogens is 5. The summed E-state index contributed by atoms with van der Waals surface area (Å²) in [5.41, 5.74) is 3.06. The highest BCUT2D eigenvalue weighted by Crippen LogP contribution is 2.24. The van der Waals surface area contributed by atoms with Gasteiger partial charge in [-0.2, -0.15) is 13.2 Å². The van der Waals surface area contributed by atoms with Gasteiger partial charge in [0.1, 0.15) is 18.5 Å². The molecular formula is C20H16F5N3O3. The lowest BCUT2D eigenvalue weighted by Gasteiger charge is -2.34. The van der Waals surface area contributed by atoms with E-state index in [-0.39, 0.29) is 31.4 Å². The van der Waals surface area contributed by atoms with Crippen molar-refractivity contribution in [1.82, 2.24) is 14.5 Å². The molecule has 0 unspecified atom stereocenters. The molecule has 31 heavy (non-hydrogen) atoms. The lowest BCUT2D eigenvalue weighted by molar-refractivity contribution is -0.192. The normalized spacial score (nSPS) is 14.0. The molecule has 1 fully saturated rings. The van der Waals surface area contributed by atoms with Crippen molar-refractivity contribution < 1.29 is 36.6 Å². The van der Waals surface area contributed by atoms with Crippen LogP contribution in [0.15, 0.2) is 48.8 Å². The largest absolute Gasteiger partial charge is 0.490 e. The third kappa shape index (κ3) is 5.36. The van der Waals surface area contributed by atoms with Crippen LogP contribution in [0.5, 0.6) is 0 Å². The number of aromatic nitrogens is 2. The zero-order valence-corrected chi connectivity index (χ0v) is 15.8. The molecule has 1 amide bonds. The molecule has 0 saturated carbocycles. The van der Waals surface area contributed by atoms with Crippen LogP contribution in [-0.4, -0.2) is 56.9 Å². The number of alkyl halides is 4. The van der Waals surface area contributed by atoms with E-state index in [1.54, 1.807) is 23.0 Å². The number of carboxylic acids is 1. The van der Waals surface area contributed by atoms with Crippen molar-refractivity contribution in [1.29, 1.82) is 0 Å². The predicted molar refractivity (Wildman–Crippen MR) is 100 cm³/mol. The van der Waals surface area contributed by atoms with E-state index >= 15 is 0 Å². The highest BCUT2D eigenvalue weighted by atomic mass is 19.4. The minimum absolute atomic E-state index is 0.113. The topological polar surface area (TPSA) is 75.4 Å². The molecule has 1 aromatic carbocycles. The van der Waals surface area contributed by atoms with Gasteiger partial charge < -0.3 is 14.6 Å². The maximum atomic E-state index is 13.4. The Morgan fingerprint density at radius 1 is 1.13 bits per heavy atom. The number of nitrogens with zero attached hydrogens (tertiary/aromatic N) is 3. The number of hydrogen-bond acceptors (Lipinski definition) is 3. The number of carbonyl (C=O) groups is 2. The summed E-state index contributed by atoms with van der Waals surface area (Å²) in [5, 5.41) is 7.12. The van der Waals surface area contributed by atoms with Crippen LogP contribution in [0.1, 0.15) is 0 Å². The minimum atomic E-state index is -5.08. The van der Waals surface area contributed by atoms with Crippen LogP contribution in [0.3, 0.4) is 0 Å². The SMILES string of the molecule is O=C(Cn1ccc2ncc(-c3cccc(F)c3)cc21)N1CC(F)C1.O=C(O)C(F)(F)F. The molecule has 0 aliphatic carbocycles. The maximum Gasteiger partial charge on any atom is 0.490 e. The average Bonchev–Trinajstić information content (AvgIpc) is 3.07. The Kier molecular flexibility index (Phi) is 6.23. The smallest absolute Gasteiger partial charge is 0.475 e. The average molecular weight is 441 g/mol. The van der Waals surface area contributed by atoms with E-state index in [1.807, 2.05) is 18.2 Å². The highest BCUT2D eigenvalue weighted by Gasteiger charge is 2.38. The Labute approximate surface area is 172 Å². The third-order valence-electron chi connectivity index (χ3n) is 4.51. The molecule has 3 aromatic rings. The summed E-state index contributed by atoms with van der Waals surface area (Å²) in [5.74, 6) is -3.18. The van der Waals surface area contributed by atoms with Crippen molar-refractivity contribution in [3.05, 3.63) is 54.6 Å². The van der Waals surface area contributed by atoms with Gasteiger partial charge in [0, 0.05) is 18.0 Å². The number of carbonyl (C=O) groups excluding carboxylic acids is 1. The van der Waals surface area contributed by atoms with Gasteiger partial charge in [-0.15, -0.1) is 0 Å². The molecular weight excluding hydrogens is 425 g/mol. The van der Waals surface area contributed by atoms with Gasteiger partial charge in [-0.05, 0) is 29.8 Å². The van der Waals surface area contributed by atoms with Gasteiger partial charge in [0.15, 0.2) is 0 Å². The van der Waals surface area contributed by atoms with Crippen molar-refractivity contribution in [2.75, 3.05) is 13.1 Å². The van der Waals surface area contributed by atoms with Crippen molar-refractivity contribution in [3.8, 4) is 11.1 Å². The van der Waals surface area contributed by atoms with Crippen LogP contribution >= 0.6 is 0 Å². The van der Waals surface area contributed by atoms with Gasteiger partial charge in [-0.25, -0.2) is 13.6 Å². The van der Waals surface area contributed by atoms with Gasteiger partial charge in [-0.3, -0.25) is 9.78 Å². The molecule has 0 bridgehead atoms. The molecule has 0 spiro atoms. The number of rotatable bonds is 3. The monoisotopic (exact) mass is 441 g/mol. The molecule has 1 aliphatic rings. The number of amides is 1. The lowest BCUT2D eigenvalue weighted by Crippen LogP contribution is -2.52. The summed E-state index contributed by atoms with van der Waals surface area (Å²) in [4.78, 5) is 26.9. The van der Waals surface area contributed by atoms with Gasteiger partial charge in [0.25, 0.3) is 0 Å². The first kappa shape index (κ1) is 22.2. The molecule has 1 saturated heterocycles. The fourth-order valence-corrected chi connectivity index (χ4v) is 2.90. The summed E-state index contributed by atoms with van der Waals surface area (Å²) >= 11 is 0. The predicted octanol–water partition coefficient (Wildman–Crippen LogP) is 3.66. The van der Waals surface area contributed by atoms with Crippen LogP contribution in [0.25, 0.3) is 22.2 Å². The van der Waals surface area contributed by atoms with Crippen molar-refractivity contribution in [2.24, 2.45) is 0 Å². The number of pyridine rings is 1.